The Morgan fingerprint density at radius 2 is 2.00 bits per heavy atom. The molecule has 0 unspecified atom stereocenters. The minimum absolute atomic E-state index is 0.000701. The molecular formula is C20H31N3O2. The van der Waals surface area contributed by atoms with Crippen LogP contribution in [-0.2, 0) is 4.79 Å². The first-order valence-corrected chi connectivity index (χ1v) is 9.47. The first kappa shape index (κ1) is 18.2. The van der Waals surface area contributed by atoms with Crippen molar-refractivity contribution in [3.8, 4) is 5.75 Å². The van der Waals surface area contributed by atoms with Gasteiger partial charge in [-0.2, -0.15) is 0 Å². The number of nitrogens with zero attached hydrogens (tertiary/aromatic N) is 1. The van der Waals surface area contributed by atoms with Crippen molar-refractivity contribution in [3.63, 3.8) is 0 Å². The van der Waals surface area contributed by atoms with Crippen LogP contribution in [-0.4, -0.2) is 44.1 Å². The second-order valence-electron chi connectivity index (χ2n) is 7.55. The predicted molar refractivity (Wildman–Crippen MR) is 99.4 cm³/mol. The molecule has 138 valence electrons. The summed E-state index contributed by atoms with van der Waals surface area (Å²) in [6, 6.07) is 8.69. The van der Waals surface area contributed by atoms with Crippen molar-refractivity contribution in [1.29, 1.82) is 0 Å². The number of nitrogens with two attached hydrogens (primary N) is 1. The summed E-state index contributed by atoms with van der Waals surface area (Å²) in [6.07, 6.45) is 5.28. The van der Waals surface area contributed by atoms with Crippen LogP contribution in [0.15, 0.2) is 24.3 Å². The highest BCUT2D eigenvalue weighted by Crippen LogP contribution is 2.35. The Morgan fingerprint density at radius 3 is 2.64 bits per heavy atom. The number of carbonyl (C=O) groups excluding carboxylic acids is 1. The quantitative estimate of drug-likeness (QED) is 0.859. The predicted octanol–water partition coefficient (Wildman–Crippen LogP) is 2.32. The van der Waals surface area contributed by atoms with Crippen LogP contribution in [0.2, 0.25) is 0 Å². The van der Waals surface area contributed by atoms with Crippen molar-refractivity contribution in [2.45, 2.75) is 44.2 Å². The maximum Gasteiger partial charge on any atom is 0.224 e. The molecule has 2 fully saturated rings. The SMILES string of the molecule is COc1ccc([C@@H]2[C@H](CNC(=O)[C@H]3CCC[C@H]3N)CCCN2C)cc1. The number of hydrogen-bond donors (Lipinski definition) is 2. The number of rotatable bonds is 5. The Labute approximate surface area is 150 Å². The molecule has 25 heavy (non-hydrogen) atoms. The zero-order valence-electron chi connectivity index (χ0n) is 15.4. The summed E-state index contributed by atoms with van der Waals surface area (Å²) in [5.41, 5.74) is 7.37. The minimum atomic E-state index is 0.000701. The zero-order chi connectivity index (χ0) is 17.8. The molecule has 0 bridgehead atoms. The van der Waals surface area contributed by atoms with Crippen LogP contribution in [0.1, 0.15) is 43.7 Å². The smallest absolute Gasteiger partial charge is 0.224 e. The first-order chi connectivity index (χ1) is 12.1. The Balaban J connectivity index is 1.66. The molecule has 5 nitrogen and oxygen atoms in total. The highest BCUT2D eigenvalue weighted by molar-refractivity contribution is 5.79. The lowest BCUT2D eigenvalue weighted by molar-refractivity contribution is -0.125. The van der Waals surface area contributed by atoms with Gasteiger partial charge in [-0.3, -0.25) is 9.69 Å². The monoisotopic (exact) mass is 345 g/mol. The molecule has 1 aromatic carbocycles. The number of ether oxygens (including phenoxy) is 1. The highest BCUT2D eigenvalue weighted by atomic mass is 16.5. The number of methoxy groups -OCH3 is 1. The fraction of sp³-hybridized carbons (Fsp3) is 0.650. The molecule has 1 amide bonds. The van der Waals surface area contributed by atoms with Crippen LogP contribution in [0.3, 0.4) is 0 Å². The van der Waals surface area contributed by atoms with Crippen LogP contribution < -0.4 is 15.8 Å². The van der Waals surface area contributed by atoms with Gasteiger partial charge in [-0.1, -0.05) is 18.6 Å². The molecule has 4 atom stereocenters. The molecule has 0 spiro atoms. The van der Waals surface area contributed by atoms with Crippen molar-refractivity contribution >= 4 is 5.91 Å². The molecule has 1 heterocycles. The van der Waals surface area contributed by atoms with Gasteiger partial charge in [0.25, 0.3) is 0 Å². The zero-order valence-corrected chi connectivity index (χ0v) is 15.4. The summed E-state index contributed by atoms with van der Waals surface area (Å²) >= 11 is 0. The van der Waals surface area contributed by atoms with Gasteiger partial charge in [-0.25, -0.2) is 0 Å². The van der Waals surface area contributed by atoms with E-state index in [1.54, 1.807) is 7.11 Å². The molecule has 1 saturated heterocycles. The Morgan fingerprint density at radius 1 is 1.24 bits per heavy atom. The second kappa shape index (κ2) is 8.19. The van der Waals surface area contributed by atoms with Crippen LogP contribution >= 0.6 is 0 Å². The van der Waals surface area contributed by atoms with E-state index in [1.807, 2.05) is 12.1 Å². The van der Waals surface area contributed by atoms with Crippen LogP contribution in [0.25, 0.3) is 0 Å². The average molecular weight is 345 g/mol. The lowest BCUT2D eigenvalue weighted by Crippen LogP contribution is -2.44. The number of piperidine rings is 1. The third-order valence-corrected chi connectivity index (χ3v) is 5.91. The van der Waals surface area contributed by atoms with E-state index < -0.39 is 0 Å². The molecular weight excluding hydrogens is 314 g/mol. The van der Waals surface area contributed by atoms with Crippen molar-refractivity contribution < 1.29 is 9.53 Å². The summed E-state index contributed by atoms with van der Waals surface area (Å²) in [4.78, 5) is 14.9. The van der Waals surface area contributed by atoms with E-state index in [0.29, 0.717) is 12.0 Å². The lowest BCUT2D eigenvalue weighted by atomic mass is 9.84. The van der Waals surface area contributed by atoms with Crippen molar-refractivity contribution in [3.05, 3.63) is 29.8 Å². The molecule has 2 aliphatic rings. The number of hydrogen-bond acceptors (Lipinski definition) is 4. The lowest BCUT2D eigenvalue weighted by Gasteiger charge is -2.40. The summed E-state index contributed by atoms with van der Waals surface area (Å²) in [5, 5.41) is 3.20. The topological polar surface area (TPSA) is 67.6 Å². The van der Waals surface area contributed by atoms with Crippen molar-refractivity contribution in [1.82, 2.24) is 10.2 Å². The standard InChI is InChI=1S/C20H31N3O2/c1-23-12-4-5-15(13-22-20(24)17-6-3-7-18(17)21)19(23)14-8-10-16(25-2)11-9-14/h8-11,15,17-19H,3-7,12-13,21H2,1-2H3,(H,22,24)/t15-,17-,18+,19+/m0/s1. The van der Waals surface area contributed by atoms with E-state index in [0.717, 1.165) is 44.5 Å². The third kappa shape index (κ3) is 4.15. The number of benzene rings is 1. The van der Waals surface area contributed by atoms with Gasteiger partial charge in [0.2, 0.25) is 5.91 Å². The summed E-state index contributed by atoms with van der Waals surface area (Å²) in [5.74, 6) is 1.45. The van der Waals surface area contributed by atoms with Crippen molar-refractivity contribution in [2.24, 2.45) is 17.6 Å². The van der Waals surface area contributed by atoms with Gasteiger partial charge in [-0.15, -0.1) is 0 Å². The molecule has 1 aromatic rings. The summed E-state index contributed by atoms with van der Waals surface area (Å²) in [6.45, 7) is 1.82. The third-order valence-electron chi connectivity index (χ3n) is 5.91. The number of nitrogens with one attached hydrogen (secondary N) is 1. The minimum Gasteiger partial charge on any atom is -0.497 e. The fourth-order valence-electron chi connectivity index (χ4n) is 4.48. The van der Waals surface area contributed by atoms with Gasteiger partial charge in [0.05, 0.1) is 13.0 Å². The van der Waals surface area contributed by atoms with Crippen LogP contribution in [0, 0.1) is 11.8 Å². The number of likely N-dealkylation sites (tertiary alicyclic amines) is 1. The van der Waals surface area contributed by atoms with Gasteiger partial charge < -0.3 is 15.8 Å². The molecule has 3 rings (SSSR count). The van der Waals surface area contributed by atoms with Crippen LogP contribution in [0.4, 0.5) is 0 Å². The molecule has 1 aliphatic carbocycles. The molecule has 1 aliphatic heterocycles. The van der Waals surface area contributed by atoms with Gasteiger partial charge >= 0.3 is 0 Å². The normalized spacial score (nSPS) is 30.2. The van der Waals surface area contributed by atoms with Gasteiger partial charge in [0, 0.05) is 18.6 Å². The Hall–Kier alpha value is -1.59. The second-order valence-corrected chi connectivity index (χ2v) is 7.55. The van der Waals surface area contributed by atoms with E-state index in [4.69, 9.17) is 10.5 Å². The highest BCUT2D eigenvalue weighted by Gasteiger charge is 2.33. The average Bonchev–Trinajstić information content (AvgIpc) is 3.06. The van der Waals surface area contributed by atoms with E-state index in [1.165, 1.54) is 12.0 Å². The molecule has 1 saturated carbocycles. The van der Waals surface area contributed by atoms with Crippen molar-refractivity contribution in [2.75, 3.05) is 27.2 Å². The molecule has 0 aromatic heterocycles. The Bertz CT molecular complexity index is 575. The molecule has 5 heteroatoms. The summed E-state index contributed by atoms with van der Waals surface area (Å²) < 4.78 is 5.27. The van der Waals surface area contributed by atoms with Gasteiger partial charge in [-0.05, 0) is 62.9 Å². The largest absolute Gasteiger partial charge is 0.497 e. The molecule has 3 N–H and O–H groups in total. The van der Waals surface area contributed by atoms with E-state index in [2.05, 4.69) is 29.4 Å². The van der Waals surface area contributed by atoms with E-state index in [9.17, 15) is 4.79 Å². The van der Waals surface area contributed by atoms with E-state index >= 15 is 0 Å². The number of amides is 1. The Kier molecular flexibility index (Phi) is 5.97. The number of carbonyl (C=O) groups is 1. The van der Waals surface area contributed by atoms with E-state index in [-0.39, 0.29) is 17.9 Å². The maximum absolute atomic E-state index is 12.5. The van der Waals surface area contributed by atoms with Crippen LogP contribution in [0.5, 0.6) is 5.75 Å². The summed E-state index contributed by atoms with van der Waals surface area (Å²) in [7, 11) is 3.86. The fourth-order valence-corrected chi connectivity index (χ4v) is 4.48. The van der Waals surface area contributed by atoms with Gasteiger partial charge in [0.15, 0.2) is 0 Å². The molecule has 0 radical (unpaired) electrons. The van der Waals surface area contributed by atoms with Gasteiger partial charge in [0.1, 0.15) is 5.75 Å². The maximum atomic E-state index is 12.5. The first-order valence-electron chi connectivity index (χ1n) is 9.47.